The molecule has 1 aromatic carbocycles. The maximum absolute atomic E-state index is 11.7. The van der Waals surface area contributed by atoms with Crippen molar-refractivity contribution in [3.05, 3.63) is 35.9 Å². The fraction of sp³-hybridized carbons (Fsp3) is 0.556. The third-order valence-electron chi connectivity index (χ3n) is 4.28. The summed E-state index contributed by atoms with van der Waals surface area (Å²) in [5.74, 6) is -0.501. The topological polar surface area (TPSA) is 71.1 Å². The van der Waals surface area contributed by atoms with Gasteiger partial charge >= 0.3 is 12.1 Å². The van der Waals surface area contributed by atoms with Crippen LogP contribution in [0, 0.1) is 11.3 Å². The number of carbonyl (C=O) groups excluding carboxylic acids is 2. The summed E-state index contributed by atoms with van der Waals surface area (Å²) in [4.78, 5) is 32.2. The minimum absolute atomic E-state index is 0.0337. The molecule has 1 aromatic rings. The van der Waals surface area contributed by atoms with Gasteiger partial charge in [0.05, 0.1) is 10.6 Å². The van der Waals surface area contributed by atoms with Crippen molar-refractivity contribution in [2.75, 3.05) is 0 Å². The van der Waals surface area contributed by atoms with Crippen LogP contribution in [0.4, 0.5) is 4.79 Å². The summed E-state index contributed by atoms with van der Waals surface area (Å²) in [6.45, 7) is 6.38. The summed E-state index contributed by atoms with van der Waals surface area (Å²) in [6, 6.07) is 8.24. The lowest BCUT2D eigenvalue weighted by Crippen LogP contribution is -2.38. The third-order valence-corrected chi connectivity index (χ3v) is 4.28. The van der Waals surface area contributed by atoms with Crippen LogP contribution in [0.1, 0.15) is 56.8 Å². The van der Waals surface area contributed by atoms with Crippen molar-refractivity contribution in [2.24, 2.45) is 11.3 Å². The molecule has 6 heteroatoms. The SMILES string of the molecule is CC(C)(C)C1CCCCC1OC(=O)OOOC(=O)c1ccccc1. The van der Waals surface area contributed by atoms with Gasteiger partial charge in [-0.25, -0.2) is 14.5 Å². The van der Waals surface area contributed by atoms with Crippen molar-refractivity contribution < 1.29 is 29.1 Å². The van der Waals surface area contributed by atoms with Crippen LogP contribution in [0.3, 0.4) is 0 Å². The van der Waals surface area contributed by atoms with Gasteiger partial charge in [-0.1, -0.05) is 45.4 Å². The molecule has 0 N–H and O–H groups in total. The average molecular weight is 336 g/mol. The Morgan fingerprint density at radius 3 is 2.33 bits per heavy atom. The van der Waals surface area contributed by atoms with Gasteiger partial charge in [-0.2, -0.15) is 0 Å². The first-order valence-electron chi connectivity index (χ1n) is 8.19. The fourth-order valence-corrected chi connectivity index (χ4v) is 3.07. The molecule has 0 spiro atoms. The van der Waals surface area contributed by atoms with Gasteiger partial charge in [0, 0.05) is 5.92 Å². The van der Waals surface area contributed by atoms with Crippen molar-refractivity contribution in [1.82, 2.24) is 0 Å². The molecule has 0 radical (unpaired) electrons. The Balaban J connectivity index is 1.77. The molecule has 1 saturated carbocycles. The van der Waals surface area contributed by atoms with Gasteiger partial charge in [-0.05, 0) is 36.8 Å². The van der Waals surface area contributed by atoms with E-state index in [1.165, 1.54) is 0 Å². The summed E-state index contributed by atoms with van der Waals surface area (Å²) >= 11 is 0. The summed E-state index contributed by atoms with van der Waals surface area (Å²) in [5.41, 5.74) is 0.320. The lowest BCUT2D eigenvalue weighted by atomic mass is 9.71. The molecule has 2 atom stereocenters. The van der Waals surface area contributed by atoms with E-state index in [4.69, 9.17) is 4.74 Å². The Labute approximate surface area is 141 Å². The van der Waals surface area contributed by atoms with Gasteiger partial charge in [0.2, 0.25) is 0 Å². The molecule has 0 heterocycles. The van der Waals surface area contributed by atoms with Crippen LogP contribution < -0.4 is 0 Å². The highest BCUT2D eigenvalue weighted by Crippen LogP contribution is 2.39. The molecule has 2 rings (SSSR count). The number of hydrogen-bond donors (Lipinski definition) is 0. The molecule has 0 bridgehead atoms. The molecule has 2 unspecified atom stereocenters. The van der Waals surface area contributed by atoms with Crippen molar-refractivity contribution in [2.45, 2.75) is 52.6 Å². The van der Waals surface area contributed by atoms with Crippen molar-refractivity contribution in [3.63, 3.8) is 0 Å². The van der Waals surface area contributed by atoms with E-state index in [0.29, 0.717) is 0 Å². The zero-order valence-corrected chi connectivity index (χ0v) is 14.3. The van der Waals surface area contributed by atoms with E-state index < -0.39 is 12.1 Å². The average Bonchev–Trinajstić information content (AvgIpc) is 2.55. The van der Waals surface area contributed by atoms with Crippen LogP contribution in [0.15, 0.2) is 30.3 Å². The van der Waals surface area contributed by atoms with E-state index >= 15 is 0 Å². The van der Waals surface area contributed by atoms with E-state index in [-0.39, 0.29) is 23.0 Å². The predicted octanol–water partition coefficient (Wildman–Crippen LogP) is 4.45. The Morgan fingerprint density at radius 1 is 1.00 bits per heavy atom. The Bertz CT molecular complexity index is 548. The first-order chi connectivity index (χ1) is 11.4. The van der Waals surface area contributed by atoms with Crippen LogP contribution >= 0.6 is 0 Å². The van der Waals surface area contributed by atoms with Gasteiger partial charge in [-0.15, -0.1) is 0 Å². The van der Waals surface area contributed by atoms with Gasteiger partial charge in [0.1, 0.15) is 6.10 Å². The Hall–Kier alpha value is -2.08. The molecule has 1 aliphatic carbocycles. The van der Waals surface area contributed by atoms with Crippen LogP contribution in [-0.4, -0.2) is 18.2 Å². The lowest BCUT2D eigenvalue weighted by Gasteiger charge is -2.39. The minimum Gasteiger partial charge on any atom is -0.429 e. The van der Waals surface area contributed by atoms with E-state index in [9.17, 15) is 9.59 Å². The van der Waals surface area contributed by atoms with Crippen molar-refractivity contribution in [1.29, 1.82) is 0 Å². The molecule has 1 fully saturated rings. The second kappa shape index (κ2) is 8.15. The summed E-state index contributed by atoms with van der Waals surface area (Å²) < 4.78 is 5.34. The highest BCUT2D eigenvalue weighted by molar-refractivity contribution is 5.88. The first kappa shape index (κ1) is 18.3. The quantitative estimate of drug-likeness (QED) is 0.459. The smallest absolute Gasteiger partial charge is 0.429 e. The zero-order valence-electron chi connectivity index (χ0n) is 14.3. The molecule has 0 aliphatic heterocycles. The van der Waals surface area contributed by atoms with Gasteiger partial charge in [0.15, 0.2) is 0 Å². The number of carbonyl (C=O) groups is 2. The predicted molar refractivity (Wildman–Crippen MR) is 85.7 cm³/mol. The van der Waals surface area contributed by atoms with Gasteiger partial charge in [-0.3, -0.25) is 4.89 Å². The molecule has 0 aromatic heterocycles. The van der Waals surface area contributed by atoms with Gasteiger partial charge < -0.3 is 4.74 Å². The van der Waals surface area contributed by atoms with E-state index in [1.54, 1.807) is 30.3 Å². The second-order valence-electron chi connectivity index (χ2n) is 7.05. The maximum Gasteiger partial charge on any atom is 0.543 e. The molecule has 6 nitrogen and oxygen atoms in total. The highest BCUT2D eigenvalue weighted by Gasteiger charge is 2.37. The molecule has 0 saturated heterocycles. The molecular formula is C18H24O6. The maximum atomic E-state index is 11.7. The van der Waals surface area contributed by atoms with E-state index in [2.05, 4.69) is 35.6 Å². The first-order valence-corrected chi connectivity index (χ1v) is 8.19. The van der Waals surface area contributed by atoms with Gasteiger partial charge in [0.25, 0.3) is 0 Å². The van der Waals surface area contributed by atoms with Crippen LogP contribution in [0.5, 0.6) is 0 Å². The molecular weight excluding hydrogens is 312 g/mol. The van der Waals surface area contributed by atoms with Crippen LogP contribution in [0.25, 0.3) is 0 Å². The standard InChI is InChI=1S/C18H24O6/c1-18(2,3)14-11-7-8-12-15(14)21-17(20)23-24-22-16(19)13-9-5-4-6-10-13/h4-6,9-10,14-15H,7-8,11-12H2,1-3H3. The molecule has 132 valence electrons. The molecule has 0 amide bonds. The van der Waals surface area contributed by atoms with Crippen molar-refractivity contribution in [3.8, 4) is 0 Å². The normalized spacial score (nSPS) is 21.0. The largest absolute Gasteiger partial charge is 0.543 e. The Kier molecular flexibility index (Phi) is 6.20. The molecule has 1 aliphatic rings. The monoisotopic (exact) mass is 336 g/mol. The zero-order chi connectivity index (χ0) is 17.6. The highest BCUT2D eigenvalue weighted by atomic mass is 17.5. The van der Waals surface area contributed by atoms with E-state index in [1.807, 2.05) is 0 Å². The molecule has 24 heavy (non-hydrogen) atoms. The Morgan fingerprint density at radius 2 is 1.67 bits per heavy atom. The lowest BCUT2D eigenvalue weighted by molar-refractivity contribution is -0.453. The summed E-state index contributed by atoms with van der Waals surface area (Å²) in [5, 5.41) is 4.25. The number of ether oxygens (including phenoxy) is 1. The summed E-state index contributed by atoms with van der Waals surface area (Å²) in [7, 11) is 0. The van der Waals surface area contributed by atoms with Crippen LogP contribution in [-0.2, 0) is 19.6 Å². The second-order valence-corrected chi connectivity index (χ2v) is 7.05. The number of hydrogen-bond acceptors (Lipinski definition) is 6. The van der Waals surface area contributed by atoms with Crippen molar-refractivity contribution >= 4 is 12.1 Å². The fourth-order valence-electron chi connectivity index (χ4n) is 3.07. The number of rotatable bonds is 4. The number of benzene rings is 1. The summed E-state index contributed by atoms with van der Waals surface area (Å²) in [6.07, 6.45) is 2.71. The van der Waals surface area contributed by atoms with Crippen LogP contribution in [0.2, 0.25) is 0 Å². The van der Waals surface area contributed by atoms with E-state index in [0.717, 1.165) is 25.7 Å². The minimum atomic E-state index is -1.00. The third kappa shape index (κ3) is 5.23.